The van der Waals surface area contributed by atoms with Crippen molar-refractivity contribution in [3.63, 3.8) is 0 Å². The van der Waals surface area contributed by atoms with Crippen molar-refractivity contribution < 1.29 is 32.2 Å². The predicted molar refractivity (Wildman–Crippen MR) is 138 cm³/mol. The maximum atomic E-state index is 13.5. The first-order chi connectivity index (χ1) is 18.2. The number of carbonyl (C=O) groups excluding carboxylic acids is 1. The number of halogens is 3. The van der Waals surface area contributed by atoms with Gasteiger partial charge in [0.05, 0.1) is 25.3 Å². The minimum absolute atomic E-state index is 0.0471. The van der Waals surface area contributed by atoms with E-state index in [1.165, 1.54) is 19.2 Å². The van der Waals surface area contributed by atoms with Crippen molar-refractivity contribution >= 4 is 22.6 Å². The molecule has 0 radical (unpaired) electrons. The molecule has 4 aromatic rings. The highest BCUT2D eigenvalue weighted by Crippen LogP contribution is 2.42. The summed E-state index contributed by atoms with van der Waals surface area (Å²) in [6, 6.07) is 14.7. The van der Waals surface area contributed by atoms with Crippen LogP contribution in [-0.2, 0) is 24.1 Å². The number of fused-ring (bicyclic) bond motifs is 2. The third-order valence-corrected chi connectivity index (χ3v) is 6.72. The van der Waals surface area contributed by atoms with Crippen LogP contribution in [0.5, 0.6) is 11.5 Å². The summed E-state index contributed by atoms with van der Waals surface area (Å²) in [5, 5.41) is 1.61. The fourth-order valence-corrected chi connectivity index (χ4v) is 4.86. The van der Waals surface area contributed by atoms with Crippen LogP contribution in [0.4, 0.5) is 19.0 Å². The molecule has 0 N–H and O–H groups in total. The van der Waals surface area contributed by atoms with E-state index in [1.54, 1.807) is 30.3 Å². The van der Waals surface area contributed by atoms with Gasteiger partial charge in [-0.25, -0.2) is 9.78 Å². The van der Waals surface area contributed by atoms with Gasteiger partial charge in [-0.3, -0.25) is 0 Å². The van der Waals surface area contributed by atoms with Gasteiger partial charge in [-0.05, 0) is 59.7 Å². The highest BCUT2D eigenvalue weighted by molar-refractivity contribution is 6.11. The molecule has 3 aromatic carbocycles. The summed E-state index contributed by atoms with van der Waals surface area (Å²) in [7, 11) is 3.09. The summed E-state index contributed by atoms with van der Waals surface area (Å²) in [5.74, 6) is 1.17. The van der Waals surface area contributed by atoms with E-state index in [0.717, 1.165) is 22.4 Å². The molecule has 38 heavy (non-hydrogen) atoms. The van der Waals surface area contributed by atoms with Crippen LogP contribution >= 0.6 is 0 Å². The van der Waals surface area contributed by atoms with E-state index in [1.807, 2.05) is 31.2 Å². The van der Waals surface area contributed by atoms with E-state index in [4.69, 9.17) is 14.2 Å². The van der Waals surface area contributed by atoms with Gasteiger partial charge in [0.2, 0.25) is 0 Å². The first-order valence-corrected chi connectivity index (χ1v) is 12.0. The van der Waals surface area contributed by atoms with E-state index < -0.39 is 17.7 Å². The molecule has 0 bridgehead atoms. The number of benzene rings is 3. The number of nitrogens with zero attached hydrogens (tertiary/aromatic N) is 2. The standard InChI is InChI=1S/C29H25F3N2O4/c1-4-34(15-18-7-5-6-8-22(18)29(30,31)32)25-10-9-17(14-33-25)26-21-13-24(37-3)23(36-2)12-19(21)11-20-16-38-28(35)27(20)26/h5-14H,4,15-16H2,1-3H3. The van der Waals surface area contributed by atoms with Gasteiger partial charge in [-0.15, -0.1) is 0 Å². The van der Waals surface area contributed by atoms with Crippen LogP contribution < -0.4 is 14.4 Å². The number of methoxy groups -OCH3 is 2. The molecule has 9 heteroatoms. The lowest BCUT2D eigenvalue weighted by Crippen LogP contribution is -2.25. The zero-order chi connectivity index (χ0) is 27.0. The summed E-state index contributed by atoms with van der Waals surface area (Å²) in [6.45, 7) is 2.52. The fraction of sp³-hybridized carbons (Fsp3) is 0.241. The summed E-state index contributed by atoms with van der Waals surface area (Å²) < 4.78 is 56.9. The van der Waals surface area contributed by atoms with E-state index in [0.29, 0.717) is 40.6 Å². The van der Waals surface area contributed by atoms with Gasteiger partial charge < -0.3 is 19.1 Å². The van der Waals surface area contributed by atoms with Crippen molar-refractivity contribution in [3.05, 3.63) is 83.0 Å². The van der Waals surface area contributed by atoms with Gasteiger partial charge in [0.15, 0.2) is 11.5 Å². The predicted octanol–water partition coefficient (Wildman–Crippen LogP) is 6.63. The maximum absolute atomic E-state index is 13.5. The molecule has 0 aliphatic carbocycles. The summed E-state index contributed by atoms with van der Waals surface area (Å²) in [6.07, 6.45) is -2.81. The highest BCUT2D eigenvalue weighted by Gasteiger charge is 2.33. The Labute approximate surface area is 217 Å². The summed E-state index contributed by atoms with van der Waals surface area (Å²) in [4.78, 5) is 19.1. The average Bonchev–Trinajstić information content (AvgIpc) is 3.29. The van der Waals surface area contributed by atoms with Gasteiger partial charge in [0.1, 0.15) is 12.4 Å². The number of esters is 1. The first kappa shape index (κ1) is 25.4. The quantitative estimate of drug-likeness (QED) is 0.254. The minimum Gasteiger partial charge on any atom is -0.493 e. The molecule has 0 unspecified atom stereocenters. The molecule has 1 aromatic heterocycles. The van der Waals surface area contributed by atoms with Gasteiger partial charge in [-0.2, -0.15) is 13.2 Å². The number of hydrogen-bond donors (Lipinski definition) is 0. The van der Waals surface area contributed by atoms with Gasteiger partial charge in [0.25, 0.3) is 0 Å². The third kappa shape index (κ3) is 4.49. The monoisotopic (exact) mass is 522 g/mol. The topological polar surface area (TPSA) is 60.9 Å². The minimum atomic E-state index is -4.44. The lowest BCUT2D eigenvalue weighted by Gasteiger charge is -2.24. The molecule has 0 amide bonds. The first-order valence-electron chi connectivity index (χ1n) is 12.0. The smallest absolute Gasteiger partial charge is 0.416 e. The zero-order valence-electron chi connectivity index (χ0n) is 21.1. The molecule has 0 saturated heterocycles. The van der Waals surface area contributed by atoms with Gasteiger partial charge >= 0.3 is 12.1 Å². The number of alkyl halides is 3. The second-order valence-electron chi connectivity index (χ2n) is 8.86. The van der Waals surface area contributed by atoms with Crippen molar-refractivity contribution in [2.45, 2.75) is 26.3 Å². The third-order valence-electron chi connectivity index (χ3n) is 6.72. The Morgan fingerprint density at radius 3 is 2.39 bits per heavy atom. The maximum Gasteiger partial charge on any atom is 0.416 e. The number of hydrogen-bond acceptors (Lipinski definition) is 6. The Balaban J connectivity index is 1.57. The largest absolute Gasteiger partial charge is 0.493 e. The molecule has 196 valence electrons. The van der Waals surface area contributed by atoms with E-state index in [-0.39, 0.29) is 18.7 Å². The molecular formula is C29H25F3N2O4. The second kappa shape index (κ2) is 9.89. The molecule has 1 aliphatic heterocycles. The van der Waals surface area contributed by atoms with Crippen LogP contribution in [0.25, 0.3) is 21.9 Å². The molecule has 5 rings (SSSR count). The second-order valence-corrected chi connectivity index (χ2v) is 8.86. The molecule has 6 nitrogen and oxygen atoms in total. The molecular weight excluding hydrogens is 497 g/mol. The Hall–Kier alpha value is -4.27. The molecule has 0 saturated carbocycles. The average molecular weight is 523 g/mol. The van der Waals surface area contributed by atoms with Crippen molar-refractivity contribution in [1.82, 2.24) is 4.98 Å². The number of cyclic esters (lactones) is 1. The summed E-state index contributed by atoms with van der Waals surface area (Å²) in [5.41, 5.74) is 2.06. The number of rotatable bonds is 7. The van der Waals surface area contributed by atoms with E-state index in [9.17, 15) is 18.0 Å². The van der Waals surface area contributed by atoms with Gasteiger partial charge in [-0.1, -0.05) is 18.2 Å². The van der Waals surface area contributed by atoms with Crippen LogP contribution in [-0.4, -0.2) is 31.7 Å². The normalized spacial score (nSPS) is 12.8. The Kier molecular flexibility index (Phi) is 6.60. The van der Waals surface area contributed by atoms with Crippen LogP contribution in [0.1, 0.15) is 34.0 Å². The van der Waals surface area contributed by atoms with Gasteiger partial charge in [0, 0.05) is 36.0 Å². The Bertz CT molecular complexity index is 1520. The number of anilines is 1. The molecule has 2 heterocycles. The lowest BCUT2D eigenvalue weighted by molar-refractivity contribution is -0.138. The summed E-state index contributed by atoms with van der Waals surface area (Å²) >= 11 is 0. The van der Waals surface area contributed by atoms with E-state index >= 15 is 0 Å². The zero-order valence-corrected chi connectivity index (χ0v) is 21.1. The number of pyridine rings is 1. The number of carbonyl (C=O) groups is 1. The Morgan fingerprint density at radius 1 is 1.00 bits per heavy atom. The number of ether oxygens (including phenoxy) is 3. The molecule has 0 spiro atoms. The SMILES string of the molecule is CCN(Cc1ccccc1C(F)(F)F)c1ccc(-c2c3c(cc4cc(OC)c(OC)cc24)COC3=O)cn1. The Morgan fingerprint density at radius 2 is 1.74 bits per heavy atom. The van der Waals surface area contributed by atoms with E-state index in [2.05, 4.69) is 4.98 Å². The lowest BCUT2D eigenvalue weighted by atomic mass is 9.91. The molecule has 1 aliphatic rings. The van der Waals surface area contributed by atoms with Crippen molar-refractivity contribution in [1.29, 1.82) is 0 Å². The molecule has 0 fully saturated rings. The van der Waals surface area contributed by atoms with Crippen LogP contribution in [0.3, 0.4) is 0 Å². The van der Waals surface area contributed by atoms with Crippen LogP contribution in [0.15, 0.2) is 60.8 Å². The molecule has 0 atom stereocenters. The van der Waals surface area contributed by atoms with Crippen molar-refractivity contribution in [2.24, 2.45) is 0 Å². The van der Waals surface area contributed by atoms with Crippen molar-refractivity contribution in [3.8, 4) is 22.6 Å². The van der Waals surface area contributed by atoms with Crippen LogP contribution in [0, 0.1) is 0 Å². The van der Waals surface area contributed by atoms with Crippen molar-refractivity contribution in [2.75, 3.05) is 25.7 Å². The highest BCUT2D eigenvalue weighted by atomic mass is 19.4. The van der Waals surface area contributed by atoms with Crippen LogP contribution in [0.2, 0.25) is 0 Å². The number of aromatic nitrogens is 1. The fourth-order valence-electron chi connectivity index (χ4n) is 4.86.